The van der Waals surface area contributed by atoms with E-state index >= 15 is 0 Å². The molecule has 0 spiro atoms. The van der Waals surface area contributed by atoms with Crippen molar-refractivity contribution in [2.24, 2.45) is 5.92 Å². The summed E-state index contributed by atoms with van der Waals surface area (Å²) in [5.74, 6) is 0.822. The zero-order valence-electron chi connectivity index (χ0n) is 14.5. The zero-order valence-corrected chi connectivity index (χ0v) is 15.3. The predicted molar refractivity (Wildman–Crippen MR) is 94.8 cm³/mol. The SMILES string of the molecule is CC(C)C(C)c1c(C#N)c(Cl)c2cnc(N[C@H]3CCOC[C@H]3O)nn12. The second-order valence-corrected chi connectivity index (χ2v) is 7.16. The Morgan fingerprint density at radius 3 is 2.88 bits per heavy atom. The summed E-state index contributed by atoms with van der Waals surface area (Å²) in [6.07, 6.45) is 1.68. The van der Waals surface area contributed by atoms with E-state index in [4.69, 9.17) is 16.3 Å². The van der Waals surface area contributed by atoms with Crippen molar-refractivity contribution in [1.29, 1.82) is 5.26 Å². The summed E-state index contributed by atoms with van der Waals surface area (Å²) in [7, 11) is 0. The molecule has 3 heterocycles. The molecule has 1 aliphatic rings. The van der Waals surface area contributed by atoms with Crippen molar-refractivity contribution in [2.45, 2.75) is 45.3 Å². The quantitative estimate of drug-likeness (QED) is 0.866. The fraction of sp³-hybridized carbons (Fsp3) is 0.588. The smallest absolute Gasteiger partial charge is 0.241 e. The van der Waals surface area contributed by atoms with E-state index in [0.29, 0.717) is 47.6 Å². The fourth-order valence-electron chi connectivity index (χ4n) is 3.00. The van der Waals surface area contributed by atoms with Gasteiger partial charge in [-0.3, -0.25) is 0 Å². The van der Waals surface area contributed by atoms with Crippen LogP contribution in [-0.2, 0) is 4.74 Å². The molecular weight excluding hydrogens is 342 g/mol. The molecule has 1 saturated heterocycles. The molecule has 2 aromatic rings. The first-order valence-electron chi connectivity index (χ1n) is 8.43. The number of nitrogens with zero attached hydrogens (tertiary/aromatic N) is 4. The van der Waals surface area contributed by atoms with Gasteiger partial charge < -0.3 is 15.2 Å². The van der Waals surface area contributed by atoms with Gasteiger partial charge in [0.05, 0.1) is 41.2 Å². The first-order chi connectivity index (χ1) is 11.9. The highest BCUT2D eigenvalue weighted by atomic mass is 35.5. The Balaban J connectivity index is 2.04. The van der Waals surface area contributed by atoms with Crippen molar-refractivity contribution in [3.8, 4) is 6.07 Å². The molecule has 3 rings (SSSR count). The lowest BCUT2D eigenvalue weighted by atomic mass is 9.93. The Hall–Kier alpha value is -1.88. The molecule has 0 radical (unpaired) electrons. The van der Waals surface area contributed by atoms with Crippen LogP contribution in [0.25, 0.3) is 5.52 Å². The normalized spacial score (nSPS) is 22.1. The molecule has 0 amide bonds. The number of halogens is 1. The van der Waals surface area contributed by atoms with E-state index in [1.165, 1.54) is 0 Å². The molecule has 1 unspecified atom stereocenters. The topological polar surface area (TPSA) is 95.5 Å². The number of aliphatic hydroxyl groups is 1. The lowest BCUT2D eigenvalue weighted by Gasteiger charge is -2.28. The van der Waals surface area contributed by atoms with Crippen LogP contribution in [0.5, 0.6) is 0 Å². The van der Waals surface area contributed by atoms with Crippen LogP contribution in [0.1, 0.15) is 44.4 Å². The number of aliphatic hydroxyl groups excluding tert-OH is 1. The predicted octanol–water partition coefficient (Wildman–Crippen LogP) is 2.58. The van der Waals surface area contributed by atoms with Gasteiger partial charge in [-0.25, -0.2) is 9.50 Å². The van der Waals surface area contributed by atoms with Gasteiger partial charge in [0.2, 0.25) is 5.95 Å². The molecule has 2 aromatic heterocycles. The highest BCUT2D eigenvalue weighted by Gasteiger charge is 2.27. The van der Waals surface area contributed by atoms with Crippen LogP contribution >= 0.6 is 11.6 Å². The van der Waals surface area contributed by atoms with Crippen LogP contribution in [0.2, 0.25) is 5.02 Å². The molecule has 0 bridgehead atoms. The number of ether oxygens (including phenoxy) is 1. The van der Waals surface area contributed by atoms with Crippen LogP contribution in [0.3, 0.4) is 0 Å². The van der Waals surface area contributed by atoms with Gasteiger partial charge in [0, 0.05) is 12.5 Å². The second kappa shape index (κ2) is 7.16. The standard InChI is InChI=1S/C17H22ClN5O2/c1-9(2)10(3)16-11(6-19)15(18)13-7-20-17(22-23(13)16)21-12-4-5-25-8-14(12)24/h7,9-10,12,14,24H,4-5,8H2,1-3H3,(H,21,22)/t10?,12-,14+/m0/s1. The minimum Gasteiger partial charge on any atom is -0.389 e. The van der Waals surface area contributed by atoms with Crippen molar-refractivity contribution in [1.82, 2.24) is 14.6 Å². The number of aromatic nitrogens is 3. The fourth-order valence-corrected chi connectivity index (χ4v) is 3.26. The summed E-state index contributed by atoms with van der Waals surface area (Å²) in [5, 5.41) is 27.7. The molecule has 0 aliphatic carbocycles. The molecule has 1 fully saturated rings. The van der Waals surface area contributed by atoms with Gasteiger partial charge in [-0.05, 0) is 12.3 Å². The van der Waals surface area contributed by atoms with Crippen LogP contribution < -0.4 is 5.32 Å². The molecule has 7 nitrogen and oxygen atoms in total. The van der Waals surface area contributed by atoms with Crippen LogP contribution in [-0.4, -0.2) is 45.1 Å². The summed E-state index contributed by atoms with van der Waals surface area (Å²) in [6.45, 7) is 7.13. The zero-order chi connectivity index (χ0) is 18.1. The average molecular weight is 364 g/mol. The van der Waals surface area contributed by atoms with Gasteiger partial charge in [-0.1, -0.05) is 32.4 Å². The lowest BCUT2D eigenvalue weighted by Crippen LogP contribution is -2.42. The summed E-state index contributed by atoms with van der Waals surface area (Å²) in [5.41, 5.74) is 1.84. The van der Waals surface area contributed by atoms with Crippen LogP contribution in [0.15, 0.2) is 6.20 Å². The Labute approximate surface area is 151 Å². The van der Waals surface area contributed by atoms with Gasteiger partial charge in [0.1, 0.15) is 11.6 Å². The van der Waals surface area contributed by atoms with Gasteiger partial charge in [0.25, 0.3) is 0 Å². The third kappa shape index (κ3) is 3.30. The van der Waals surface area contributed by atoms with Crippen LogP contribution in [0, 0.1) is 17.2 Å². The Morgan fingerprint density at radius 1 is 1.48 bits per heavy atom. The third-order valence-corrected chi connectivity index (χ3v) is 5.23. The Bertz CT molecular complexity index is 813. The van der Waals surface area contributed by atoms with E-state index in [9.17, 15) is 10.4 Å². The number of fused-ring (bicyclic) bond motifs is 1. The molecular formula is C17H22ClN5O2. The highest BCUT2D eigenvalue weighted by molar-refractivity contribution is 6.35. The number of nitrogens with one attached hydrogen (secondary N) is 1. The highest BCUT2D eigenvalue weighted by Crippen LogP contribution is 2.34. The van der Waals surface area contributed by atoms with Gasteiger partial charge in [-0.15, -0.1) is 5.10 Å². The van der Waals surface area contributed by atoms with Crippen molar-refractivity contribution in [2.75, 3.05) is 18.5 Å². The first-order valence-corrected chi connectivity index (χ1v) is 8.81. The molecule has 8 heteroatoms. The number of nitriles is 1. The molecule has 3 atom stereocenters. The number of anilines is 1. The number of rotatable bonds is 4. The van der Waals surface area contributed by atoms with Crippen molar-refractivity contribution in [3.63, 3.8) is 0 Å². The van der Waals surface area contributed by atoms with Crippen molar-refractivity contribution >= 4 is 23.1 Å². The maximum atomic E-state index is 10.0. The molecule has 2 N–H and O–H groups in total. The van der Waals surface area contributed by atoms with E-state index < -0.39 is 6.10 Å². The summed E-state index contributed by atoms with van der Waals surface area (Å²) in [4.78, 5) is 4.30. The van der Waals surface area contributed by atoms with Crippen molar-refractivity contribution in [3.05, 3.63) is 22.5 Å². The van der Waals surface area contributed by atoms with E-state index in [0.717, 1.165) is 5.69 Å². The van der Waals surface area contributed by atoms with Gasteiger partial charge in [-0.2, -0.15) is 5.26 Å². The maximum Gasteiger partial charge on any atom is 0.241 e. The average Bonchev–Trinajstić information content (AvgIpc) is 2.87. The van der Waals surface area contributed by atoms with E-state index in [-0.39, 0.29) is 12.0 Å². The Kier molecular flexibility index (Phi) is 5.13. The minimum atomic E-state index is -0.606. The molecule has 134 valence electrons. The monoisotopic (exact) mass is 363 g/mol. The Morgan fingerprint density at radius 2 is 2.24 bits per heavy atom. The minimum absolute atomic E-state index is 0.103. The number of hydrogen-bond donors (Lipinski definition) is 2. The number of hydrogen-bond acceptors (Lipinski definition) is 6. The molecule has 25 heavy (non-hydrogen) atoms. The lowest BCUT2D eigenvalue weighted by molar-refractivity contribution is -0.0136. The largest absolute Gasteiger partial charge is 0.389 e. The van der Waals surface area contributed by atoms with E-state index in [1.807, 2.05) is 0 Å². The van der Waals surface area contributed by atoms with E-state index in [2.05, 4.69) is 42.2 Å². The van der Waals surface area contributed by atoms with Crippen molar-refractivity contribution < 1.29 is 9.84 Å². The summed E-state index contributed by atoms with van der Waals surface area (Å²) in [6, 6.07) is 2.03. The summed E-state index contributed by atoms with van der Waals surface area (Å²) < 4.78 is 6.94. The third-order valence-electron chi connectivity index (χ3n) is 4.84. The second-order valence-electron chi connectivity index (χ2n) is 6.78. The molecule has 1 aliphatic heterocycles. The van der Waals surface area contributed by atoms with Gasteiger partial charge in [0.15, 0.2) is 0 Å². The van der Waals surface area contributed by atoms with E-state index in [1.54, 1.807) is 10.7 Å². The van der Waals surface area contributed by atoms with Gasteiger partial charge >= 0.3 is 0 Å². The molecule has 0 saturated carbocycles. The van der Waals surface area contributed by atoms with Crippen LogP contribution in [0.4, 0.5) is 5.95 Å². The first kappa shape index (κ1) is 17.9. The molecule has 0 aromatic carbocycles. The summed E-state index contributed by atoms with van der Waals surface area (Å²) >= 11 is 6.38. The maximum absolute atomic E-state index is 10.0.